The predicted octanol–water partition coefficient (Wildman–Crippen LogP) is 1.06. The topological polar surface area (TPSA) is 108 Å². The maximum Gasteiger partial charge on any atom is 0.191 e. The summed E-state index contributed by atoms with van der Waals surface area (Å²) < 4.78 is 26.9. The Hall–Kier alpha value is -2.27. The van der Waals surface area contributed by atoms with Gasteiger partial charge in [-0.3, -0.25) is 0 Å². The van der Waals surface area contributed by atoms with E-state index in [0.29, 0.717) is 18.6 Å². The van der Waals surface area contributed by atoms with Crippen molar-refractivity contribution >= 4 is 21.6 Å². The highest BCUT2D eigenvalue weighted by atomic mass is 32.2. The minimum absolute atomic E-state index is 0.126. The highest BCUT2D eigenvalue weighted by Crippen LogP contribution is 2.25. The molecule has 1 aromatic carbocycles. The molecule has 2 aromatic heterocycles. The lowest BCUT2D eigenvalue weighted by atomic mass is 10.1. The molecule has 0 N–H and O–H groups in total. The van der Waals surface area contributed by atoms with Crippen LogP contribution in [0, 0.1) is 5.92 Å². The average molecular weight is 406 g/mol. The summed E-state index contributed by atoms with van der Waals surface area (Å²) in [6.07, 6.45) is 1.33. The molecule has 1 atom stereocenters. The fourth-order valence-corrected chi connectivity index (χ4v) is 5.83. The molecule has 3 aromatic rings. The molecule has 0 saturated carbocycles. The summed E-state index contributed by atoms with van der Waals surface area (Å²) in [4.78, 5) is 0. The summed E-state index contributed by atoms with van der Waals surface area (Å²) >= 11 is 1.50. The van der Waals surface area contributed by atoms with Gasteiger partial charge in [-0.2, -0.15) is 4.68 Å². The number of tetrazole rings is 1. The average Bonchev–Trinajstić information content (AvgIpc) is 3.35. The Bertz CT molecular complexity index is 1030. The molecule has 0 bridgehead atoms. The van der Waals surface area contributed by atoms with Crippen LogP contribution in [0.3, 0.4) is 0 Å². The van der Waals surface area contributed by atoms with E-state index in [2.05, 4.69) is 25.7 Å². The van der Waals surface area contributed by atoms with Gasteiger partial charge in [-0.25, -0.2) is 8.42 Å². The summed E-state index contributed by atoms with van der Waals surface area (Å²) in [7, 11) is -0.976. The molecule has 142 valence electrons. The molecule has 0 spiro atoms. The maximum absolute atomic E-state index is 11.6. The number of rotatable bonds is 6. The number of para-hydroxylation sites is 1. The summed E-state index contributed by atoms with van der Waals surface area (Å²) in [5, 5.41) is 21.2. The summed E-state index contributed by atoms with van der Waals surface area (Å²) in [5.74, 6) is 2.72. The second-order valence-corrected chi connectivity index (χ2v) is 9.73. The molecule has 4 rings (SSSR count). The molecule has 9 nitrogen and oxygen atoms in total. The van der Waals surface area contributed by atoms with Crippen LogP contribution in [0.5, 0.6) is 0 Å². The van der Waals surface area contributed by atoms with Crippen molar-refractivity contribution in [3.63, 3.8) is 0 Å². The van der Waals surface area contributed by atoms with E-state index in [0.717, 1.165) is 22.5 Å². The third-order valence-corrected chi connectivity index (χ3v) is 7.44. The molecular weight excluding hydrogens is 386 g/mol. The fourth-order valence-electron chi connectivity index (χ4n) is 3.13. The van der Waals surface area contributed by atoms with Crippen molar-refractivity contribution in [2.75, 3.05) is 11.5 Å². The van der Waals surface area contributed by atoms with Crippen molar-refractivity contribution in [2.24, 2.45) is 13.0 Å². The van der Waals surface area contributed by atoms with Gasteiger partial charge >= 0.3 is 0 Å². The van der Waals surface area contributed by atoms with Crippen LogP contribution in [0.15, 0.2) is 35.5 Å². The summed E-state index contributed by atoms with van der Waals surface area (Å²) in [6.45, 7) is 0. The number of aromatic nitrogens is 7. The van der Waals surface area contributed by atoms with Crippen LogP contribution in [-0.2, 0) is 29.1 Å². The minimum Gasteiger partial charge on any atom is -0.309 e. The Morgan fingerprint density at radius 2 is 1.96 bits per heavy atom. The molecule has 27 heavy (non-hydrogen) atoms. The molecule has 0 amide bonds. The van der Waals surface area contributed by atoms with Gasteiger partial charge in [0, 0.05) is 13.5 Å². The molecule has 1 unspecified atom stereocenters. The molecule has 0 radical (unpaired) electrons. The zero-order valence-corrected chi connectivity index (χ0v) is 16.4. The first-order valence-electron chi connectivity index (χ1n) is 8.56. The van der Waals surface area contributed by atoms with Gasteiger partial charge in [-0.05, 0) is 34.9 Å². The predicted molar refractivity (Wildman–Crippen MR) is 100 cm³/mol. The van der Waals surface area contributed by atoms with Crippen molar-refractivity contribution < 1.29 is 8.42 Å². The van der Waals surface area contributed by atoms with Gasteiger partial charge in [0.2, 0.25) is 0 Å². The summed E-state index contributed by atoms with van der Waals surface area (Å²) in [6, 6.07) is 9.71. The first kappa shape index (κ1) is 18.1. The molecule has 1 saturated heterocycles. The molecule has 11 heteroatoms. The number of benzene rings is 1. The number of hydrogen-bond acceptors (Lipinski definition) is 8. The first-order valence-corrected chi connectivity index (χ1v) is 11.4. The quantitative estimate of drug-likeness (QED) is 0.560. The molecule has 1 aliphatic heterocycles. The van der Waals surface area contributed by atoms with E-state index in [-0.39, 0.29) is 17.4 Å². The SMILES string of the molecule is Cn1c(CC2CCS(=O)(=O)C2)nnc1SCc1nnnn1-c1ccccc1. The van der Waals surface area contributed by atoms with E-state index in [1.54, 1.807) is 4.68 Å². The van der Waals surface area contributed by atoms with Crippen LogP contribution in [0.1, 0.15) is 18.1 Å². The highest BCUT2D eigenvalue weighted by molar-refractivity contribution is 7.98. The van der Waals surface area contributed by atoms with Crippen LogP contribution in [0.25, 0.3) is 5.69 Å². The third kappa shape index (κ3) is 4.03. The monoisotopic (exact) mass is 405 g/mol. The van der Waals surface area contributed by atoms with Crippen molar-refractivity contribution in [3.05, 3.63) is 42.0 Å². The number of hydrogen-bond donors (Lipinski definition) is 0. The van der Waals surface area contributed by atoms with Gasteiger partial charge in [-0.15, -0.1) is 15.3 Å². The van der Waals surface area contributed by atoms with E-state index in [1.165, 1.54) is 11.8 Å². The van der Waals surface area contributed by atoms with Crippen molar-refractivity contribution in [1.29, 1.82) is 0 Å². The zero-order valence-electron chi connectivity index (χ0n) is 14.8. The van der Waals surface area contributed by atoms with Crippen LogP contribution in [0.2, 0.25) is 0 Å². The Morgan fingerprint density at radius 3 is 2.70 bits per heavy atom. The van der Waals surface area contributed by atoms with Crippen molar-refractivity contribution in [1.82, 2.24) is 35.0 Å². The smallest absolute Gasteiger partial charge is 0.191 e. The normalized spacial score (nSPS) is 18.8. The fraction of sp³-hybridized carbons (Fsp3) is 0.438. The van der Waals surface area contributed by atoms with E-state index in [4.69, 9.17) is 0 Å². The maximum atomic E-state index is 11.6. The molecule has 0 aliphatic carbocycles. The van der Waals surface area contributed by atoms with Gasteiger partial charge in [0.15, 0.2) is 20.8 Å². The van der Waals surface area contributed by atoms with E-state index >= 15 is 0 Å². The van der Waals surface area contributed by atoms with Crippen molar-refractivity contribution in [2.45, 2.75) is 23.8 Å². The van der Waals surface area contributed by atoms with E-state index < -0.39 is 9.84 Å². The lowest BCUT2D eigenvalue weighted by molar-refractivity contribution is 0.552. The Kier molecular flexibility index (Phi) is 4.96. The largest absolute Gasteiger partial charge is 0.309 e. The zero-order chi connectivity index (χ0) is 18.9. The van der Waals surface area contributed by atoms with Crippen LogP contribution < -0.4 is 0 Å². The number of sulfone groups is 1. The van der Waals surface area contributed by atoms with E-state index in [1.807, 2.05) is 41.9 Å². The summed E-state index contributed by atoms with van der Waals surface area (Å²) in [5.41, 5.74) is 0.902. The van der Waals surface area contributed by atoms with Crippen LogP contribution >= 0.6 is 11.8 Å². The van der Waals surface area contributed by atoms with Gasteiger partial charge in [0.1, 0.15) is 5.82 Å². The molecule has 1 aliphatic rings. The standard InChI is InChI=1S/C16H19N7O2S2/c1-22-14(9-12-7-8-27(24,25)11-12)17-19-16(22)26-10-15-18-20-21-23(15)13-5-3-2-4-6-13/h2-6,12H,7-11H2,1H3. The number of nitrogens with zero attached hydrogens (tertiary/aromatic N) is 7. The second-order valence-electron chi connectivity index (χ2n) is 6.56. The van der Waals surface area contributed by atoms with Crippen LogP contribution in [0.4, 0.5) is 0 Å². The van der Waals surface area contributed by atoms with Crippen LogP contribution in [-0.4, -0.2) is 54.9 Å². The lowest BCUT2D eigenvalue weighted by Gasteiger charge is -2.07. The minimum atomic E-state index is -2.88. The number of thioether (sulfide) groups is 1. The van der Waals surface area contributed by atoms with Gasteiger partial charge in [0.05, 0.1) is 22.9 Å². The van der Waals surface area contributed by atoms with Gasteiger partial charge in [-0.1, -0.05) is 30.0 Å². The van der Waals surface area contributed by atoms with Gasteiger partial charge in [0.25, 0.3) is 0 Å². The molecule has 1 fully saturated rings. The Labute approximate surface area is 161 Å². The Morgan fingerprint density at radius 1 is 1.15 bits per heavy atom. The lowest BCUT2D eigenvalue weighted by Crippen LogP contribution is -2.11. The van der Waals surface area contributed by atoms with E-state index in [9.17, 15) is 8.42 Å². The highest BCUT2D eigenvalue weighted by Gasteiger charge is 2.29. The van der Waals surface area contributed by atoms with Crippen molar-refractivity contribution in [3.8, 4) is 5.69 Å². The van der Waals surface area contributed by atoms with Gasteiger partial charge < -0.3 is 4.57 Å². The molecule has 3 heterocycles. The Balaban J connectivity index is 1.43. The second kappa shape index (κ2) is 7.39. The third-order valence-electron chi connectivity index (χ3n) is 4.59. The first-order chi connectivity index (χ1) is 13.0. The molecular formula is C16H19N7O2S2.